The van der Waals surface area contributed by atoms with Crippen molar-refractivity contribution < 1.29 is 43.4 Å². The molecule has 2 aromatic carbocycles. The highest BCUT2D eigenvalue weighted by atomic mass is 35.5. The number of anilines is 1. The van der Waals surface area contributed by atoms with Crippen LogP contribution in [0.15, 0.2) is 73.2 Å². The molecular weight excluding hydrogens is 690 g/mol. The number of carbonyl (C=O) groups excluding carboxylic acids is 2. The first-order valence-corrected chi connectivity index (χ1v) is 16.7. The molecule has 0 radical (unpaired) electrons. The van der Waals surface area contributed by atoms with E-state index < -0.39 is 24.0 Å². The minimum atomic E-state index is -0.787. The molecule has 5 heterocycles. The number of carbonyl (C=O) groups is 2. The monoisotopic (exact) mass is 726 g/mol. The van der Waals surface area contributed by atoms with Crippen molar-refractivity contribution in [1.82, 2.24) is 9.88 Å². The molecule has 2 bridgehead atoms. The Balaban J connectivity index is 0.00000486. The molecule has 3 aliphatic rings. The van der Waals surface area contributed by atoms with Gasteiger partial charge in [0.25, 0.3) is 0 Å². The molecule has 11 nitrogen and oxygen atoms in total. The van der Waals surface area contributed by atoms with Gasteiger partial charge in [0.1, 0.15) is 33.9 Å². The van der Waals surface area contributed by atoms with Gasteiger partial charge in [0.2, 0.25) is 0 Å². The maximum atomic E-state index is 13.7. The van der Waals surface area contributed by atoms with Gasteiger partial charge in [-0.15, -0.1) is 0 Å². The van der Waals surface area contributed by atoms with Gasteiger partial charge < -0.3 is 24.4 Å². The van der Waals surface area contributed by atoms with Crippen molar-refractivity contribution in [2.75, 3.05) is 38.8 Å². The van der Waals surface area contributed by atoms with Crippen molar-refractivity contribution in [2.24, 2.45) is 5.92 Å². The number of rotatable bonds is 11. The minimum absolute atomic E-state index is 0. The molecule has 0 saturated carbocycles. The summed E-state index contributed by atoms with van der Waals surface area (Å²) in [4.78, 5) is 37.8. The molecule has 0 unspecified atom stereocenters. The molecule has 2 aromatic heterocycles. The van der Waals surface area contributed by atoms with Crippen LogP contribution in [0.1, 0.15) is 46.0 Å². The van der Waals surface area contributed by atoms with Gasteiger partial charge in [-0.2, -0.15) is 0 Å². The van der Waals surface area contributed by atoms with Crippen molar-refractivity contribution >= 4 is 41.1 Å². The number of benzene rings is 2. The normalized spacial score (nSPS) is 18.4. The third-order valence-electron chi connectivity index (χ3n) is 9.00. The van der Waals surface area contributed by atoms with Crippen molar-refractivity contribution in [2.45, 2.75) is 38.0 Å². The zero-order valence-corrected chi connectivity index (χ0v) is 29.0. The molecular formula is C36H37Cl2FN4O7. The fourth-order valence-electron chi connectivity index (χ4n) is 6.27. The second-order valence-corrected chi connectivity index (χ2v) is 12.8. The van der Waals surface area contributed by atoms with E-state index in [9.17, 15) is 14.0 Å². The molecule has 50 heavy (non-hydrogen) atoms. The van der Waals surface area contributed by atoms with E-state index in [1.54, 1.807) is 54.9 Å². The molecule has 2 atom stereocenters. The zero-order chi connectivity index (χ0) is 34.5. The zero-order valence-electron chi connectivity index (χ0n) is 27.5. The third kappa shape index (κ3) is 8.44. The molecule has 14 heteroatoms. The number of hydrogen-bond acceptors (Lipinski definition) is 9. The fourth-order valence-corrected chi connectivity index (χ4v) is 6.80. The second-order valence-electron chi connectivity index (χ2n) is 12.0. The van der Waals surface area contributed by atoms with Gasteiger partial charge in [-0.05, 0) is 79.4 Å². The molecule has 2 N–H and O–H groups in total. The molecule has 0 spiro atoms. The summed E-state index contributed by atoms with van der Waals surface area (Å²) < 4.78 is 36.6. The van der Waals surface area contributed by atoms with E-state index in [4.69, 9.17) is 42.1 Å². The summed E-state index contributed by atoms with van der Waals surface area (Å²) in [6.45, 7) is 2.81. The van der Waals surface area contributed by atoms with Gasteiger partial charge >= 0.3 is 12.1 Å². The first kappa shape index (κ1) is 36.8. The summed E-state index contributed by atoms with van der Waals surface area (Å²) in [5.41, 5.74) is 2.23. The summed E-state index contributed by atoms with van der Waals surface area (Å²) >= 11 is 12.9. The number of ether oxygens (including phenoxy) is 4. The summed E-state index contributed by atoms with van der Waals surface area (Å²) in [5.74, 6) is 0.465. The number of esters is 1. The van der Waals surface area contributed by atoms with Crippen LogP contribution >= 0.6 is 23.2 Å². The van der Waals surface area contributed by atoms with E-state index in [2.05, 4.69) is 14.9 Å². The average Bonchev–Trinajstić information content (AvgIpc) is 3.12. The van der Waals surface area contributed by atoms with Crippen LogP contribution in [0.4, 0.5) is 15.0 Å². The molecule has 0 aliphatic carbocycles. The molecule has 3 fully saturated rings. The SMILES string of the molecule is COc1ccc([C@H](Cc2c(Cl)c[nH+]cc2Cl)OC(=O)c2ccc(CN(C(=O)O[C@H]3CN4CCC3CC4)c3ccc(F)cn3)cc2)cc1OC.[OH-]. The van der Waals surface area contributed by atoms with Crippen molar-refractivity contribution in [3.63, 3.8) is 0 Å². The van der Waals surface area contributed by atoms with Crippen molar-refractivity contribution in [1.29, 1.82) is 0 Å². The molecule has 264 valence electrons. The van der Waals surface area contributed by atoms with Gasteiger partial charge in [0, 0.05) is 18.5 Å². The maximum Gasteiger partial charge on any atom is 0.416 e. The van der Waals surface area contributed by atoms with Crippen LogP contribution < -0.4 is 19.4 Å². The Kier molecular flexibility index (Phi) is 12.1. The number of pyridine rings is 2. The topological polar surface area (TPSA) is 135 Å². The number of fused-ring (bicyclic) bond motifs is 3. The molecule has 3 saturated heterocycles. The van der Waals surface area contributed by atoms with Gasteiger partial charge in [0.05, 0.1) is 32.5 Å². The first-order chi connectivity index (χ1) is 23.7. The fraction of sp³-hybridized carbons (Fsp3) is 0.333. The highest BCUT2D eigenvalue weighted by Gasteiger charge is 2.37. The van der Waals surface area contributed by atoms with E-state index in [-0.39, 0.29) is 35.9 Å². The van der Waals surface area contributed by atoms with E-state index in [1.165, 1.54) is 31.3 Å². The van der Waals surface area contributed by atoms with Crippen molar-refractivity contribution in [3.8, 4) is 11.5 Å². The van der Waals surface area contributed by atoms with E-state index >= 15 is 0 Å². The van der Waals surface area contributed by atoms with Crippen LogP contribution in [0, 0.1) is 11.7 Å². The number of piperidine rings is 3. The Bertz CT molecular complexity index is 1770. The molecule has 1 amide bonds. The largest absolute Gasteiger partial charge is 0.870 e. The van der Waals surface area contributed by atoms with Crippen LogP contribution in [0.3, 0.4) is 0 Å². The van der Waals surface area contributed by atoms with Gasteiger partial charge in [0.15, 0.2) is 23.9 Å². The Labute approximate surface area is 299 Å². The number of methoxy groups -OCH3 is 2. The number of hydrogen-bond donors (Lipinski definition) is 0. The van der Waals surface area contributed by atoms with Crippen LogP contribution in [-0.2, 0) is 22.4 Å². The molecule has 4 aromatic rings. The van der Waals surface area contributed by atoms with Crippen LogP contribution in [0.25, 0.3) is 0 Å². The number of aromatic nitrogens is 2. The number of nitrogens with zero attached hydrogens (tertiary/aromatic N) is 3. The predicted molar refractivity (Wildman–Crippen MR) is 183 cm³/mol. The lowest BCUT2D eigenvalue weighted by Gasteiger charge is -2.44. The number of H-pyrrole nitrogens is 1. The standard InChI is InChI=1S/C36H35Cl2FN4O6.H2O/c1-46-30-9-7-25(15-32(30)47-2)31(16-27-28(37)18-40-19-29(27)38)48-35(44)24-5-3-22(4-6-24)20-43(34-10-8-26(39)17-41-34)36(45)49-33-21-42-13-11-23(33)12-14-42;/h3-10,15,17-19,23,31,33H,11-14,16,20-21H2,1-2H3;1H2/t31-,33-;/m0./s1. The summed E-state index contributed by atoms with van der Waals surface area (Å²) in [6, 6.07) is 14.6. The Morgan fingerprint density at radius 1 is 1.00 bits per heavy atom. The van der Waals surface area contributed by atoms with E-state index in [0.29, 0.717) is 50.7 Å². The van der Waals surface area contributed by atoms with E-state index in [1.807, 2.05) is 0 Å². The summed E-state index contributed by atoms with van der Waals surface area (Å²) in [6.07, 6.45) is 4.87. The second kappa shape index (κ2) is 16.5. The Hall–Kier alpha value is -4.49. The number of amides is 1. The predicted octanol–water partition coefficient (Wildman–Crippen LogP) is 6.56. The molecule has 7 rings (SSSR count). The third-order valence-corrected chi connectivity index (χ3v) is 9.68. The van der Waals surface area contributed by atoms with Gasteiger partial charge in [-0.1, -0.05) is 41.4 Å². The number of nitrogens with one attached hydrogen (secondary N) is 1. The smallest absolute Gasteiger partial charge is 0.416 e. The number of halogens is 3. The quantitative estimate of drug-likeness (QED) is 0.158. The van der Waals surface area contributed by atoms with Crippen molar-refractivity contribution in [3.05, 3.63) is 111 Å². The lowest BCUT2D eigenvalue weighted by atomic mass is 9.86. The highest BCUT2D eigenvalue weighted by Crippen LogP contribution is 2.36. The van der Waals surface area contributed by atoms with Gasteiger partial charge in [-0.25, -0.2) is 23.9 Å². The minimum Gasteiger partial charge on any atom is -0.870 e. The Morgan fingerprint density at radius 3 is 2.30 bits per heavy atom. The summed E-state index contributed by atoms with van der Waals surface area (Å²) in [5, 5.41) is 0.788. The Morgan fingerprint density at radius 2 is 1.70 bits per heavy atom. The van der Waals surface area contributed by atoms with Crippen LogP contribution in [0.2, 0.25) is 10.0 Å². The number of aromatic amines is 1. The van der Waals surface area contributed by atoms with Crippen LogP contribution in [-0.4, -0.2) is 67.4 Å². The van der Waals surface area contributed by atoms with Crippen LogP contribution in [0.5, 0.6) is 11.5 Å². The van der Waals surface area contributed by atoms with E-state index in [0.717, 1.165) is 32.1 Å². The molecule has 3 aliphatic heterocycles. The highest BCUT2D eigenvalue weighted by molar-refractivity contribution is 6.35. The lowest BCUT2D eigenvalue weighted by Crippen LogP contribution is -2.53. The summed E-state index contributed by atoms with van der Waals surface area (Å²) in [7, 11) is 3.06. The first-order valence-electron chi connectivity index (χ1n) is 15.9. The average molecular weight is 728 g/mol. The maximum absolute atomic E-state index is 13.7. The lowest BCUT2D eigenvalue weighted by molar-refractivity contribution is -0.377. The van der Waals surface area contributed by atoms with Gasteiger partial charge in [-0.3, -0.25) is 9.80 Å².